The van der Waals surface area contributed by atoms with Crippen LogP contribution in [0, 0.1) is 10.1 Å². The molecule has 0 amide bonds. The lowest BCUT2D eigenvalue weighted by atomic mass is 10.00. The molecule has 0 atom stereocenters. The van der Waals surface area contributed by atoms with E-state index in [4.69, 9.17) is 5.73 Å². The highest BCUT2D eigenvalue weighted by atomic mass is 16.6. The number of nitrogen functional groups attached to an aromatic ring is 1. The minimum atomic E-state index is -0.539. The van der Waals surface area contributed by atoms with Crippen LogP contribution in [0.3, 0.4) is 0 Å². The zero-order valence-corrected chi connectivity index (χ0v) is 9.54. The Kier molecular flexibility index (Phi) is 3.05. The summed E-state index contributed by atoms with van der Waals surface area (Å²) in [5.41, 5.74) is 7.65. The third-order valence-electron chi connectivity index (χ3n) is 2.51. The van der Waals surface area contributed by atoms with Crippen molar-refractivity contribution in [3.05, 3.63) is 70.4 Å². The summed E-state index contributed by atoms with van der Waals surface area (Å²) in [4.78, 5) is 14.1. The molecule has 0 saturated carbocycles. The van der Waals surface area contributed by atoms with E-state index in [1.807, 2.05) is 30.3 Å². The second kappa shape index (κ2) is 4.67. The topological polar surface area (TPSA) is 82.0 Å². The van der Waals surface area contributed by atoms with Crippen molar-refractivity contribution in [2.75, 3.05) is 5.73 Å². The molecule has 0 spiro atoms. The molecule has 5 heteroatoms. The van der Waals surface area contributed by atoms with Crippen LogP contribution in [0.5, 0.6) is 0 Å². The number of benzene rings is 1. The van der Waals surface area contributed by atoms with E-state index in [-0.39, 0.29) is 5.82 Å². The Morgan fingerprint density at radius 1 is 1.33 bits per heavy atom. The average molecular weight is 241 g/mol. The molecule has 2 aromatic rings. The normalized spacial score (nSPS) is 10.0. The predicted octanol–water partition coefficient (Wildman–Crippen LogP) is 2.63. The quantitative estimate of drug-likeness (QED) is 0.661. The number of nitrogens with zero attached hydrogens (tertiary/aromatic N) is 2. The lowest BCUT2D eigenvalue weighted by Gasteiger charge is -2.07. The van der Waals surface area contributed by atoms with Gasteiger partial charge in [-0.15, -0.1) is 0 Å². The number of anilines is 1. The summed E-state index contributed by atoms with van der Waals surface area (Å²) in [5, 5.41) is 10.9. The highest BCUT2D eigenvalue weighted by Crippen LogP contribution is 2.29. The summed E-state index contributed by atoms with van der Waals surface area (Å²) in [6.07, 6.45) is 1.26. The molecule has 1 heterocycles. The minimum Gasteiger partial charge on any atom is -0.396 e. The highest BCUT2D eigenvalue weighted by Gasteiger charge is 2.18. The smallest absolute Gasteiger partial charge is 0.371 e. The first-order valence-electron chi connectivity index (χ1n) is 5.24. The second-order valence-electron chi connectivity index (χ2n) is 3.74. The molecule has 0 saturated heterocycles. The summed E-state index contributed by atoms with van der Waals surface area (Å²) >= 11 is 0. The molecule has 1 aromatic carbocycles. The van der Waals surface area contributed by atoms with Gasteiger partial charge in [0.2, 0.25) is 0 Å². The van der Waals surface area contributed by atoms with Gasteiger partial charge in [-0.1, -0.05) is 36.9 Å². The van der Waals surface area contributed by atoms with Gasteiger partial charge in [-0.25, -0.2) is 0 Å². The first kappa shape index (κ1) is 11.8. The average Bonchev–Trinajstić information content (AvgIpc) is 2.38. The van der Waals surface area contributed by atoms with Gasteiger partial charge < -0.3 is 15.8 Å². The van der Waals surface area contributed by atoms with E-state index in [9.17, 15) is 10.1 Å². The van der Waals surface area contributed by atoms with Crippen molar-refractivity contribution in [1.29, 1.82) is 0 Å². The predicted molar refractivity (Wildman–Crippen MR) is 69.9 cm³/mol. The van der Waals surface area contributed by atoms with Crippen LogP contribution in [-0.4, -0.2) is 9.91 Å². The zero-order valence-electron chi connectivity index (χ0n) is 9.54. The zero-order chi connectivity index (χ0) is 13.1. The second-order valence-corrected chi connectivity index (χ2v) is 3.74. The van der Waals surface area contributed by atoms with E-state index in [2.05, 4.69) is 11.6 Å². The van der Waals surface area contributed by atoms with Gasteiger partial charge in [0.05, 0.1) is 11.3 Å². The van der Waals surface area contributed by atoms with Crippen molar-refractivity contribution in [2.24, 2.45) is 0 Å². The fraction of sp³-hybridized carbons (Fsp3) is 0. The van der Waals surface area contributed by atoms with Crippen LogP contribution in [0.2, 0.25) is 0 Å². The van der Waals surface area contributed by atoms with Crippen LogP contribution in [0.1, 0.15) is 11.1 Å². The number of hydrogen-bond acceptors (Lipinski definition) is 4. The summed E-state index contributed by atoms with van der Waals surface area (Å²) < 4.78 is 0. The lowest BCUT2D eigenvalue weighted by molar-refractivity contribution is -0.389. The fourth-order valence-electron chi connectivity index (χ4n) is 1.64. The van der Waals surface area contributed by atoms with Crippen molar-refractivity contribution < 1.29 is 4.92 Å². The van der Waals surface area contributed by atoms with Crippen molar-refractivity contribution >= 4 is 17.1 Å². The molecule has 2 N–H and O–H groups in total. The Morgan fingerprint density at radius 2 is 2.00 bits per heavy atom. The van der Waals surface area contributed by atoms with Crippen LogP contribution < -0.4 is 5.73 Å². The van der Waals surface area contributed by atoms with Gasteiger partial charge in [0, 0.05) is 0 Å². The Balaban J connectivity index is 2.54. The molecule has 0 unspecified atom stereocenters. The van der Waals surface area contributed by atoms with E-state index in [1.165, 1.54) is 12.3 Å². The number of pyridine rings is 1. The van der Waals surface area contributed by atoms with Crippen LogP contribution in [-0.2, 0) is 0 Å². The maximum atomic E-state index is 10.9. The van der Waals surface area contributed by atoms with Crippen molar-refractivity contribution in [3.63, 3.8) is 0 Å². The molecule has 0 radical (unpaired) electrons. The molecule has 1 aromatic heterocycles. The number of nitrogens with two attached hydrogens (primary N) is 1. The summed E-state index contributed by atoms with van der Waals surface area (Å²) in [5.74, 6) is -0.238. The van der Waals surface area contributed by atoms with E-state index in [1.54, 1.807) is 0 Å². The van der Waals surface area contributed by atoms with Crippen molar-refractivity contribution in [3.8, 4) is 0 Å². The molecular formula is C13H11N3O2. The molecule has 90 valence electrons. The molecule has 0 fully saturated rings. The van der Waals surface area contributed by atoms with E-state index >= 15 is 0 Å². The maximum absolute atomic E-state index is 10.9. The molecule has 18 heavy (non-hydrogen) atoms. The van der Waals surface area contributed by atoms with Crippen LogP contribution in [0.25, 0.3) is 5.57 Å². The molecule has 0 aliphatic rings. The standard InChI is InChI=1S/C13H11N3O2/c1-9(10-5-3-2-4-6-10)12-7-11(14)8-15-13(12)16(17)18/h2-8H,1,14H2. The van der Waals surface area contributed by atoms with Crippen molar-refractivity contribution in [2.45, 2.75) is 0 Å². The fourth-order valence-corrected chi connectivity index (χ4v) is 1.64. The third kappa shape index (κ3) is 2.20. The van der Waals surface area contributed by atoms with Gasteiger partial charge in [-0.2, -0.15) is 0 Å². The molecule has 0 aliphatic carbocycles. The first-order chi connectivity index (χ1) is 8.59. The number of hydrogen-bond donors (Lipinski definition) is 1. The van der Waals surface area contributed by atoms with Gasteiger partial charge in [-0.3, -0.25) is 0 Å². The summed E-state index contributed by atoms with van der Waals surface area (Å²) in [7, 11) is 0. The van der Waals surface area contributed by atoms with Crippen LogP contribution in [0.15, 0.2) is 49.2 Å². The summed E-state index contributed by atoms with van der Waals surface area (Å²) in [6.45, 7) is 3.88. The Hall–Kier alpha value is -2.69. The highest BCUT2D eigenvalue weighted by molar-refractivity contribution is 5.82. The van der Waals surface area contributed by atoms with E-state index in [0.29, 0.717) is 16.8 Å². The molecule has 5 nitrogen and oxygen atoms in total. The number of aromatic nitrogens is 1. The monoisotopic (exact) mass is 241 g/mol. The summed E-state index contributed by atoms with van der Waals surface area (Å²) in [6, 6.07) is 10.7. The van der Waals surface area contributed by atoms with E-state index in [0.717, 1.165) is 5.56 Å². The number of rotatable bonds is 3. The molecule has 0 aliphatic heterocycles. The van der Waals surface area contributed by atoms with Crippen LogP contribution in [0.4, 0.5) is 11.5 Å². The maximum Gasteiger partial charge on any atom is 0.371 e. The Bertz CT molecular complexity index is 609. The van der Waals surface area contributed by atoms with Gasteiger partial charge >= 0.3 is 5.82 Å². The first-order valence-corrected chi connectivity index (χ1v) is 5.24. The van der Waals surface area contributed by atoms with Gasteiger partial charge in [0.25, 0.3) is 0 Å². The molecule has 2 rings (SSSR count). The largest absolute Gasteiger partial charge is 0.396 e. The van der Waals surface area contributed by atoms with Gasteiger partial charge in [0.1, 0.15) is 0 Å². The minimum absolute atomic E-state index is 0.238. The Morgan fingerprint density at radius 3 is 2.61 bits per heavy atom. The molecule has 0 bridgehead atoms. The van der Waals surface area contributed by atoms with Crippen molar-refractivity contribution in [1.82, 2.24) is 4.98 Å². The molecular weight excluding hydrogens is 230 g/mol. The SMILES string of the molecule is C=C(c1ccccc1)c1cc(N)cnc1[N+](=O)[O-]. The van der Waals surface area contributed by atoms with Gasteiger partial charge in [0.15, 0.2) is 6.20 Å². The van der Waals surface area contributed by atoms with Gasteiger partial charge in [-0.05, 0) is 27.1 Å². The van der Waals surface area contributed by atoms with Crippen LogP contribution >= 0.6 is 0 Å². The van der Waals surface area contributed by atoms with E-state index < -0.39 is 4.92 Å². The number of nitro groups is 1. The lowest BCUT2D eigenvalue weighted by Crippen LogP contribution is -2.00. The third-order valence-corrected chi connectivity index (χ3v) is 2.51. The Labute approximate surface area is 104 Å².